The largest absolute Gasteiger partial charge is 0.354 e. The summed E-state index contributed by atoms with van der Waals surface area (Å²) in [5.41, 5.74) is 0. The molecule has 0 aromatic heterocycles. The second-order valence-electron chi connectivity index (χ2n) is 2.26. The number of amides is 1. The summed E-state index contributed by atoms with van der Waals surface area (Å²) in [4.78, 5) is 10.8. The van der Waals surface area contributed by atoms with Gasteiger partial charge in [-0.25, -0.2) is 0 Å². The van der Waals surface area contributed by atoms with Crippen molar-refractivity contribution in [2.45, 2.75) is 18.0 Å². The molecule has 0 aliphatic heterocycles. The van der Waals surface area contributed by atoms with Gasteiger partial charge in [0.1, 0.15) is 0 Å². The van der Waals surface area contributed by atoms with E-state index in [4.69, 9.17) is 9.47 Å². The van der Waals surface area contributed by atoms with Gasteiger partial charge < -0.3 is 14.8 Å². The van der Waals surface area contributed by atoms with E-state index in [9.17, 15) is 4.79 Å². The third-order valence-corrected chi connectivity index (χ3v) is 1.75. The van der Waals surface area contributed by atoms with Crippen molar-refractivity contribution in [1.82, 2.24) is 5.32 Å². The first kappa shape index (κ1) is 11.9. The molecule has 4 nitrogen and oxygen atoms in total. The van der Waals surface area contributed by atoms with Crippen molar-refractivity contribution >= 4 is 21.8 Å². The topological polar surface area (TPSA) is 47.6 Å². The highest BCUT2D eigenvalue weighted by atomic mass is 79.9. The Bertz CT molecular complexity index is 137. The van der Waals surface area contributed by atoms with Gasteiger partial charge in [0.2, 0.25) is 5.91 Å². The molecule has 0 saturated heterocycles. The van der Waals surface area contributed by atoms with Crippen LogP contribution in [0.4, 0.5) is 0 Å². The Hall–Kier alpha value is -0.130. The van der Waals surface area contributed by atoms with Crippen molar-refractivity contribution in [2.24, 2.45) is 0 Å². The molecule has 0 saturated carbocycles. The Morgan fingerprint density at radius 1 is 1.50 bits per heavy atom. The summed E-state index contributed by atoms with van der Waals surface area (Å²) < 4.78 is 9.75. The summed E-state index contributed by atoms with van der Waals surface area (Å²) in [7, 11) is 3.05. The second kappa shape index (κ2) is 6.39. The maximum absolute atomic E-state index is 11.0. The summed E-state index contributed by atoms with van der Waals surface area (Å²) in [5.74, 6) is -0.0749. The fourth-order valence-electron chi connectivity index (χ4n) is 0.587. The lowest BCUT2D eigenvalue weighted by molar-refractivity contribution is -0.126. The maximum atomic E-state index is 11.0. The highest BCUT2D eigenvalue weighted by Crippen LogP contribution is 1.96. The molecule has 0 spiro atoms. The van der Waals surface area contributed by atoms with Crippen molar-refractivity contribution < 1.29 is 14.3 Å². The van der Waals surface area contributed by atoms with E-state index in [1.165, 1.54) is 14.2 Å². The summed E-state index contributed by atoms with van der Waals surface area (Å²) in [6, 6.07) is 0. The van der Waals surface area contributed by atoms with Crippen molar-refractivity contribution in [3.8, 4) is 0 Å². The van der Waals surface area contributed by atoms with Gasteiger partial charge in [-0.1, -0.05) is 15.9 Å². The lowest BCUT2D eigenvalue weighted by Gasteiger charge is -2.14. The quantitative estimate of drug-likeness (QED) is 0.562. The summed E-state index contributed by atoms with van der Waals surface area (Å²) >= 11 is 3.14. The Morgan fingerprint density at radius 3 is 2.33 bits per heavy atom. The molecule has 12 heavy (non-hydrogen) atoms. The van der Waals surface area contributed by atoms with E-state index in [0.29, 0.717) is 6.54 Å². The number of methoxy groups -OCH3 is 2. The second-order valence-corrected chi connectivity index (χ2v) is 3.64. The number of carbonyl (C=O) groups is 1. The van der Waals surface area contributed by atoms with E-state index in [2.05, 4.69) is 21.2 Å². The highest BCUT2D eigenvalue weighted by molar-refractivity contribution is 9.10. The van der Waals surface area contributed by atoms with Gasteiger partial charge in [-0.2, -0.15) is 0 Å². The first-order chi connectivity index (χ1) is 5.61. The molecule has 1 unspecified atom stereocenters. The van der Waals surface area contributed by atoms with Gasteiger partial charge in [0.25, 0.3) is 0 Å². The van der Waals surface area contributed by atoms with Crippen molar-refractivity contribution in [3.05, 3.63) is 0 Å². The molecule has 0 heterocycles. The van der Waals surface area contributed by atoms with E-state index >= 15 is 0 Å². The minimum absolute atomic E-state index is 0.0749. The van der Waals surface area contributed by atoms with Crippen molar-refractivity contribution in [1.29, 1.82) is 0 Å². The monoisotopic (exact) mass is 239 g/mol. The molecule has 0 aliphatic carbocycles. The van der Waals surface area contributed by atoms with E-state index in [-0.39, 0.29) is 17.0 Å². The molecule has 0 radical (unpaired) electrons. The molecular weight excluding hydrogens is 226 g/mol. The zero-order valence-corrected chi connectivity index (χ0v) is 9.05. The van der Waals surface area contributed by atoms with Crippen LogP contribution in [-0.2, 0) is 14.3 Å². The Labute approximate surface area is 80.7 Å². The van der Waals surface area contributed by atoms with Crippen LogP contribution in [0.15, 0.2) is 0 Å². The first-order valence-electron chi connectivity index (χ1n) is 3.59. The van der Waals surface area contributed by atoms with Crippen LogP contribution in [0.1, 0.15) is 6.92 Å². The molecule has 0 aliphatic rings. The fourth-order valence-corrected chi connectivity index (χ4v) is 0.749. The van der Waals surface area contributed by atoms with Crippen LogP contribution in [0.3, 0.4) is 0 Å². The molecule has 5 heteroatoms. The summed E-state index contributed by atoms with van der Waals surface area (Å²) in [6.07, 6.45) is -0.375. The summed E-state index contributed by atoms with van der Waals surface area (Å²) in [6.45, 7) is 2.12. The number of carbonyl (C=O) groups excluding carboxylic acids is 1. The van der Waals surface area contributed by atoms with E-state index < -0.39 is 0 Å². The SMILES string of the molecule is COC(CNC(=O)C(C)Br)OC. The van der Waals surface area contributed by atoms with Crippen LogP contribution < -0.4 is 5.32 Å². The number of nitrogens with one attached hydrogen (secondary N) is 1. The number of hydrogen-bond acceptors (Lipinski definition) is 3. The van der Waals surface area contributed by atoms with Crippen LogP contribution in [-0.4, -0.2) is 37.8 Å². The molecule has 72 valence electrons. The normalized spacial score (nSPS) is 13.1. The van der Waals surface area contributed by atoms with E-state index in [1.54, 1.807) is 6.92 Å². The molecule has 0 fully saturated rings. The van der Waals surface area contributed by atoms with Gasteiger partial charge in [0, 0.05) is 14.2 Å². The van der Waals surface area contributed by atoms with Crippen LogP contribution in [0.5, 0.6) is 0 Å². The average Bonchev–Trinajstić information content (AvgIpc) is 2.05. The van der Waals surface area contributed by atoms with Crippen LogP contribution in [0, 0.1) is 0 Å². The first-order valence-corrected chi connectivity index (χ1v) is 4.50. The lowest BCUT2D eigenvalue weighted by Crippen LogP contribution is -2.37. The number of rotatable bonds is 5. The Kier molecular flexibility index (Phi) is 6.32. The third kappa shape index (κ3) is 4.69. The Morgan fingerprint density at radius 2 is 2.00 bits per heavy atom. The van der Waals surface area contributed by atoms with Crippen LogP contribution >= 0.6 is 15.9 Å². The average molecular weight is 240 g/mol. The number of ether oxygens (including phenoxy) is 2. The molecule has 0 rings (SSSR count). The minimum atomic E-state index is -0.375. The van der Waals surface area contributed by atoms with E-state index in [1.807, 2.05) is 0 Å². The van der Waals surface area contributed by atoms with Gasteiger partial charge in [-0.3, -0.25) is 4.79 Å². The van der Waals surface area contributed by atoms with Gasteiger partial charge in [0.05, 0.1) is 11.4 Å². The minimum Gasteiger partial charge on any atom is -0.354 e. The number of halogens is 1. The lowest BCUT2D eigenvalue weighted by atomic mass is 10.4. The zero-order chi connectivity index (χ0) is 9.56. The van der Waals surface area contributed by atoms with E-state index in [0.717, 1.165) is 0 Å². The fraction of sp³-hybridized carbons (Fsp3) is 0.857. The molecule has 0 bridgehead atoms. The number of hydrogen-bond donors (Lipinski definition) is 1. The van der Waals surface area contributed by atoms with Gasteiger partial charge in [0.15, 0.2) is 6.29 Å². The molecular formula is C7H14BrNO3. The van der Waals surface area contributed by atoms with Gasteiger partial charge in [-0.05, 0) is 6.92 Å². The highest BCUT2D eigenvalue weighted by Gasteiger charge is 2.10. The smallest absolute Gasteiger partial charge is 0.233 e. The van der Waals surface area contributed by atoms with Crippen molar-refractivity contribution in [3.63, 3.8) is 0 Å². The maximum Gasteiger partial charge on any atom is 0.233 e. The Balaban J connectivity index is 3.59. The molecule has 1 amide bonds. The third-order valence-electron chi connectivity index (χ3n) is 1.33. The van der Waals surface area contributed by atoms with Crippen LogP contribution in [0.25, 0.3) is 0 Å². The zero-order valence-electron chi connectivity index (χ0n) is 7.46. The summed E-state index contributed by atoms with van der Waals surface area (Å²) in [5, 5.41) is 2.65. The van der Waals surface area contributed by atoms with Gasteiger partial charge in [-0.15, -0.1) is 0 Å². The molecule has 0 aromatic rings. The predicted octanol–water partition coefficient (Wildman–Crippen LogP) is 0.505. The molecule has 0 aromatic carbocycles. The molecule has 1 N–H and O–H groups in total. The van der Waals surface area contributed by atoms with Crippen molar-refractivity contribution in [2.75, 3.05) is 20.8 Å². The standard InChI is InChI=1S/C7H14BrNO3/c1-5(8)7(10)9-4-6(11-2)12-3/h5-6H,4H2,1-3H3,(H,9,10). The molecule has 1 atom stereocenters. The van der Waals surface area contributed by atoms with Crippen LogP contribution in [0.2, 0.25) is 0 Å². The number of alkyl halides is 1. The predicted molar refractivity (Wildman–Crippen MR) is 49.2 cm³/mol. The van der Waals surface area contributed by atoms with Gasteiger partial charge >= 0.3 is 0 Å².